The van der Waals surface area contributed by atoms with E-state index in [1.165, 1.54) is 0 Å². The number of hydrogen-bond donors (Lipinski definition) is 1. The molecule has 148 valence electrons. The molecule has 0 aliphatic heterocycles. The molecule has 6 heteroatoms. The van der Waals surface area contributed by atoms with Crippen LogP contribution in [0.3, 0.4) is 0 Å². The number of benzene rings is 2. The van der Waals surface area contributed by atoms with Crippen molar-refractivity contribution in [1.29, 1.82) is 0 Å². The minimum Gasteiger partial charge on any atom is -0.325 e. The van der Waals surface area contributed by atoms with Crippen LogP contribution in [0.15, 0.2) is 72.9 Å². The first-order valence-corrected chi connectivity index (χ1v) is 10.8. The van der Waals surface area contributed by atoms with Crippen molar-refractivity contribution in [3.05, 3.63) is 94.8 Å². The van der Waals surface area contributed by atoms with Crippen LogP contribution in [0.1, 0.15) is 28.0 Å². The lowest BCUT2D eigenvalue weighted by Gasteiger charge is -2.11. The van der Waals surface area contributed by atoms with Crippen LogP contribution in [0.5, 0.6) is 0 Å². The number of thioether (sulfide) groups is 1. The van der Waals surface area contributed by atoms with E-state index >= 15 is 0 Å². The number of ketones is 1. The van der Waals surface area contributed by atoms with Crippen LogP contribution in [0, 0.1) is 0 Å². The molecule has 0 spiro atoms. The molecule has 0 aliphatic carbocycles. The summed E-state index contributed by atoms with van der Waals surface area (Å²) in [7, 11) is 0. The van der Waals surface area contributed by atoms with Gasteiger partial charge in [0, 0.05) is 40.2 Å². The molecule has 0 saturated carbocycles. The van der Waals surface area contributed by atoms with Gasteiger partial charge < -0.3 is 5.32 Å². The number of nitrogens with zero attached hydrogens (tertiary/aromatic N) is 1. The maximum Gasteiger partial charge on any atom is 0.225 e. The molecule has 1 N–H and O–H groups in total. The molecule has 3 rings (SSSR count). The lowest BCUT2D eigenvalue weighted by molar-refractivity contribution is -0.115. The van der Waals surface area contributed by atoms with E-state index < -0.39 is 0 Å². The Morgan fingerprint density at radius 1 is 0.966 bits per heavy atom. The molecular formula is C23H21ClN2O2S. The number of hydrogen-bond acceptors (Lipinski definition) is 4. The van der Waals surface area contributed by atoms with E-state index in [0.717, 1.165) is 17.9 Å². The first-order chi connectivity index (χ1) is 14.1. The van der Waals surface area contributed by atoms with Crippen LogP contribution in [-0.4, -0.2) is 28.2 Å². The minimum absolute atomic E-state index is 0.125. The quantitative estimate of drug-likeness (QED) is 0.375. The van der Waals surface area contributed by atoms with Crippen LogP contribution in [0.2, 0.25) is 5.02 Å². The highest BCUT2D eigenvalue weighted by molar-refractivity contribution is 7.99. The zero-order valence-corrected chi connectivity index (χ0v) is 17.4. The molecule has 0 fully saturated rings. The van der Waals surface area contributed by atoms with Gasteiger partial charge in [-0.2, -0.15) is 11.8 Å². The van der Waals surface area contributed by atoms with Gasteiger partial charge in [0.25, 0.3) is 0 Å². The molecular weight excluding hydrogens is 404 g/mol. The summed E-state index contributed by atoms with van der Waals surface area (Å²) in [5, 5.41) is 3.30. The molecule has 1 heterocycles. The summed E-state index contributed by atoms with van der Waals surface area (Å²) in [6, 6.07) is 19.7. The summed E-state index contributed by atoms with van der Waals surface area (Å²) in [5.74, 6) is 1.31. The van der Waals surface area contributed by atoms with Gasteiger partial charge in [-0.25, -0.2) is 0 Å². The average molecular weight is 425 g/mol. The number of aromatic nitrogens is 1. The van der Waals surface area contributed by atoms with Gasteiger partial charge in [0.05, 0.1) is 5.69 Å². The molecule has 0 radical (unpaired) electrons. The lowest BCUT2D eigenvalue weighted by Crippen LogP contribution is -2.15. The first kappa shape index (κ1) is 21.1. The third kappa shape index (κ3) is 6.44. The van der Waals surface area contributed by atoms with Crippen LogP contribution in [0.4, 0.5) is 5.69 Å². The Bertz CT molecular complexity index is 965. The molecule has 0 bridgehead atoms. The summed E-state index contributed by atoms with van der Waals surface area (Å²) in [4.78, 5) is 29.5. The largest absolute Gasteiger partial charge is 0.325 e. The molecule has 1 amide bonds. The number of pyridine rings is 1. The van der Waals surface area contributed by atoms with E-state index in [9.17, 15) is 9.59 Å². The minimum atomic E-state index is -0.173. The predicted molar refractivity (Wildman–Crippen MR) is 120 cm³/mol. The van der Waals surface area contributed by atoms with Crippen LogP contribution < -0.4 is 5.32 Å². The van der Waals surface area contributed by atoms with E-state index in [2.05, 4.69) is 10.3 Å². The Labute approximate surface area is 179 Å². The van der Waals surface area contributed by atoms with Gasteiger partial charge >= 0.3 is 0 Å². The van der Waals surface area contributed by atoms with Crippen molar-refractivity contribution in [3.63, 3.8) is 0 Å². The number of anilines is 1. The van der Waals surface area contributed by atoms with Gasteiger partial charge in [0.1, 0.15) is 0 Å². The van der Waals surface area contributed by atoms with Crippen LogP contribution in [0.25, 0.3) is 0 Å². The Balaban J connectivity index is 1.54. The molecule has 0 saturated heterocycles. The number of rotatable bonds is 9. The fourth-order valence-corrected chi connectivity index (χ4v) is 3.82. The summed E-state index contributed by atoms with van der Waals surface area (Å²) in [5.41, 5.74) is 2.47. The van der Waals surface area contributed by atoms with Gasteiger partial charge in [-0.1, -0.05) is 48.0 Å². The molecule has 1 aromatic heterocycles. The number of nitrogens with one attached hydrogen (secondary N) is 1. The van der Waals surface area contributed by atoms with Crippen molar-refractivity contribution in [3.8, 4) is 0 Å². The Morgan fingerprint density at radius 2 is 1.76 bits per heavy atom. The van der Waals surface area contributed by atoms with E-state index in [0.29, 0.717) is 34.0 Å². The number of halogens is 1. The van der Waals surface area contributed by atoms with Gasteiger partial charge in [-0.3, -0.25) is 14.6 Å². The molecule has 2 aromatic carbocycles. The topological polar surface area (TPSA) is 59.1 Å². The number of carbonyl (C=O) groups excluding carboxylic acids is 2. The van der Waals surface area contributed by atoms with E-state index in [1.807, 2.05) is 24.3 Å². The highest BCUT2D eigenvalue weighted by Crippen LogP contribution is 2.24. The standard InChI is InChI=1S/C23H21ClN2O2S/c24-18-9-10-21(20(16-18)23(28)17-6-2-1-3-7-17)26-22(27)12-15-29-14-11-19-8-4-5-13-25-19/h1-10,13,16H,11-12,14-15H2,(H,26,27). The predicted octanol–water partition coefficient (Wildman–Crippen LogP) is 5.27. The molecule has 4 nitrogen and oxygen atoms in total. The maximum atomic E-state index is 12.8. The van der Waals surface area contributed by atoms with Gasteiger partial charge in [-0.05, 0) is 42.5 Å². The van der Waals surface area contributed by atoms with Crippen molar-refractivity contribution in [1.82, 2.24) is 4.98 Å². The SMILES string of the molecule is O=C(CCSCCc1ccccn1)Nc1ccc(Cl)cc1C(=O)c1ccccc1. The first-order valence-electron chi connectivity index (χ1n) is 9.30. The van der Waals surface area contributed by atoms with Crippen molar-refractivity contribution in [2.24, 2.45) is 0 Å². The number of amides is 1. The summed E-state index contributed by atoms with van der Waals surface area (Å²) >= 11 is 7.79. The molecule has 3 aromatic rings. The zero-order valence-electron chi connectivity index (χ0n) is 15.8. The fraction of sp³-hybridized carbons (Fsp3) is 0.174. The van der Waals surface area contributed by atoms with Crippen molar-refractivity contribution in [2.45, 2.75) is 12.8 Å². The van der Waals surface area contributed by atoms with Gasteiger partial charge in [0.15, 0.2) is 5.78 Å². The second-order valence-corrected chi connectivity index (χ2v) is 8.03. The highest BCUT2D eigenvalue weighted by Gasteiger charge is 2.16. The average Bonchev–Trinajstić information content (AvgIpc) is 2.75. The Kier molecular flexibility index (Phi) is 7.85. The van der Waals surface area contributed by atoms with E-state index in [1.54, 1.807) is 60.4 Å². The van der Waals surface area contributed by atoms with E-state index in [4.69, 9.17) is 11.6 Å². The second-order valence-electron chi connectivity index (χ2n) is 6.37. The van der Waals surface area contributed by atoms with Crippen LogP contribution in [-0.2, 0) is 11.2 Å². The van der Waals surface area contributed by atoms with Gasteiger partial charge in [0.2, 0.25) is 5.91 Å². The summed E-state index contributed by atoms with van der Waals surface area (Å²) in [6.07, 6.45) is 3.03. The number of carbonyl (C=O) groups is 2. The molecule has 0 unspecified atom stereocenters. The lowest BCUT2D eigenvalue weighted by atomic mass is 10.0. The fourth-order valence-electron chi connectivity index (χ4n) is 2.76. The molecule has 29 heavy (non-hydrogen) atoms. The summed E-state index contributed by atoms with van der Waals surface area (Å²) < 4.78 is 0. The molecule has 0 atom stereocenters. The third-order valence-electron chi connectivity index (χ3n) is 4.24. The summed E-state index contributed by atoms with van der Waals surface area (Å²) in [6.45, 7) is 0. The second kappa shape index (κ2) is 10.8. The van der Waals surface area contributed by atoms with Crippen molar-refractivity contribution >= 4 is 40.7 Å². The molecule has 0 aliphatic rings. The van der Waals surface area contributed by atoms with E-state index in [-0.39, 0.29) is 11.7 Å². The Hall–Kier alpha value is -2.63. The number of aryl methyl sites for hydroxylation is 1. The maximum absolute atomic E-state index is 12.8. The van der Waals surface area contributed by atoms with Crippen molar-refractivity contribution in [2.75, 3.05) is 16.8 Å². The van der Waals surface area contributed by atoms with Gasteiger partial charge in [-0.15, -0.1) is 0 Å². The monoisotopic (exact) mass is 424 g/mol. The third-order valence-corrected chi connectivity index (χ3v) is 5.46. The smallest absolute Gasteiger partial charge is 0.225 e. The Morgan fingerprint density at radius 3 is 2.52 bits per heavy atom. The normalized spacial score (nSPS) is 10.5. The highest BCUT2D eigenvalue weighted by atomic mass is 35.5. The van der Waals surface area contributed by atoms with Crippen LogP contribution >= 0.6 is 23.4 Å². The van der Waals surface area contributed by atoms with Crippen molar-refractivity contribution < 1.29 is 9.59 Å². The zero-order chi connectivity index (χ0) is 20.5.